The van der Waals surface area contributed by atoms with Crippen molar-refractivity contribution in [3.05, 3.63) is 30.0 Å². The van der Waals surface area contributed by atoms with Crippen molar-refractivity contribution in [1.82, 2.24) is 9.97 Å². The van der Waals surface area contributed by atoms with Crippen LogP contribution >= 0.6 is 0 Å². The van der Waals surface area contributed by atoms with Gasteiger partial charge in [-0.2, -0.15) is 13.8 Å². The summed E-state index contributed by atoms with van der Waals surface area (Å²) in [6, 6.07) is 4.52. The number of carbonyl (C=O) groups is 2. The average molecular weight is 460 g/mol. The van der Waals surface area contributed by atoms with Crippen molar-refractivity contribution in [1.29, 1.82) is 0 Å². The van der Waals surface area contributed by atoms with Gasteiger partial charge in [0.25, 0.3) is 5.91 Å². The quantitative estimate of drug-likeness (QED) is 0.681. The fraction of sp³-hybridized carbons (Fsp3) is 0.455. The van der Waals surface area contributed by atoms with Gasteiger partial charge in [-0.15, -0.1) is 0 Å². The molecule has 33 heavy (non-hydrogen) atoms. The Morgan fingerprint density at radius 3 is 2.73 bits per heavy atom. The van der Waals surface area contributed by atoms with E-state index in [2.05, 4.69) is 15.3 Å². The van der Waals surface area contributed by atoms with Gasteiger partial charge in [0.2, 0.25) is 11.9 Å². The molecule has 0 atom stereocenters. The molecule has 0 spiro atoms. The molecule has 1 aliphatic carbocycles. The second kappa shape index (κ2) is 8.80. The third-order valence-electron chi connectivity index (χ3n) is 5.95. The molecule has 176 valence electrons. The summed E-state index contributed by atoms with van der Waals surface area (Å²) in [7, 11) is 1.30. The number of nitrogens with one attached hydrogen (secondary N) is 1. The first-order chi connectivity index (χ1) is 15.7. The largest absolute Gasteiger partial charge is 0.492 e. The van der Waals surface area contributed by atoms with Crippen molar-refractivity contribution in [2.45, 2.75) is 44.6 Å². The van der Waals surface area contributed by atoms with Crippen LogP contribution in [0.2, 0.25) is 0 Å². The molecule has 3 N–H and O–H groups in total. The van der Waals surface area contributed by atoms with Crippen LogP contribution in [0, 0.1) is 0 Å². The molecule has 2 aliphatic rings. The van der Waals surface area contributed by atoms with Crippen LogP contribution in [0.4, 0.5) is 31.9 Å². The summed E-state index contributed by atoms with van der Waals surface area (Å²) in [5.41, 5.74) is 6.34. The lowest BCUT2D eigenvalue weighted by atomic mass is 10.2. The Morgan fingerprint density at radius 1 is 1.33 bits per heavy atom. The first-order valence-corrected chi connectivity index (χ1v) is 10.8. The number of amides is 2. The lowest BCUT2D eigenvalue weighted by Crippen LogP contribution is -2.48. The number of nitrogens with zero attached hydrogens (tertiary/aromatic N) is 4. The van der Waals surface area contributed by atoms with Crippen LogP contribution in [-0.4, -0.2) is 53.9 Å². The van der Waals surface area contributed by atoms with E-state index in [1.807, 2.05) is 0 Å². The summed E-state index contributed by atoms with van der Waals surface area (Å²) < 4.78 is 35.0. The number of fused-ring (bicyclic) bond motifs is 1. The van der Waals surface area contributed by atoms with Crippen molar-refractivity contribution >= 4 is 35.0 Å². The molecule has 2 aromatic rings. The van der Waals surface area contributed by atoms with Crippen LogP contribution in [0.5, 0.6) is 5.75 Å². The third kappa shape index (κ3) is 4.39. The van der Waals surface area contributed by atoms with Crippen LogP contribution in [0.25, 0.3) is 0 Å². The van der Waals surface area contributed by atoms with Gasteiger partial charge >= 0.3 is 5.92 Å². The van der Waals surface area contributed by atoms with Gasteiger partial charge in [-0.25, -0.2) is 4.98 Å². The highest BCUT2D eigenvalue weighted by atomic mass is 19.3. The average Bonchev–Trinajstić information content (AvgIpc) is 3.30. The number of anilines is 4. The summed E-state index contributed by atoms with van der Waals surface area (Å²) >= 11 is 0. The van der Waals surface area contributed by atoms with Crippen LogP contribution in [-0.2, 0) is 4.79 Å². The SMILES string of the molecule is CCOc1cc(C(N)=O)ccc1Nc1ncc2c(n1)N(C1CCCC1)CC(F)(F)C(=O)N2C. The van der Waals surface area contributed by atoms with Gasteiger partial charge in [0.15, 0.2) is 5.82 Å². The van der Waals surface area contributed by atoms with Gasteiger partial charge in [-0.05, 0) is 38.0 Å². The maximum atomic E-state index is 14.7. The zero-order valence-electron chi connectivity index (χ0n) is 18.5. The molecule has 11 heteroatoms. The van der Waals surface area contributed by atoms with Crippen LogP contribution in [0.1, 0.15) is 43.0 Å². The summed E-state index contributed by atoms with van der Waals surface area (Å²) in [5, 5.41) is 3.03. The molecule has 1 aromatic heterocycles. The van der Waals surface area contributed by atoms with Crippen molar-refractivity contribution in [2.75, 3.05) is 35.3 Å². The Kier molecular flexibility index (Phi) is 6.05. The molecule has 1 saturated carbocycles. The van der Waals surface area contributed by atoms with E-state index in [1.54, 1.807) is 13.0 Å². The number of aromatic nitrogens is 2. The summed E-state index contributed by atoms with van der Waals surface area (Å²) in [4.78, 5) is 35.1. The van der Waals surface area contributed by atoms with E-state index in [4.69, 9.17) is 10.5 Å². The molecule has 1 aliphatic heterocycles. The zero-order chi connectivity index (χ0) is 23.8. The van der Waals surface area contributed by atoms with Gasteiger partial charge in [0.1, 0.15) is 11.4 Å². The number of benzene rings is 1. The van der Waals surface area contributed by atoms with E-state index in [9.17, 15) is 18.4 Å². The Hall–Kier alpha value is -3.50. The summed E-state index contributed by atoms with van der Waals surface area (Å²) in [6.07, 6.45) is 4.74. The first kappa shape index (κ1) is 22.7. The number of carbonyl (C=O) groups excluding carboxylic acids is 2. The maximum Gasteiger partial charge on any atom is 0.342 e. The number of halogens is 2. The van der Waals surface area contributed by atoms with E-state index in [0.717, 1.165) is 30.6 Å². The van der Waals surface area contributed by atoms with E-state index < -0.39 is 24.3 Å². The third-order valence-corrected chi connectivity index (χ3v) is 5.95. The highest BCUT2D eigenvalue weighted by Crippen LogP contribution is 2.40. The van der Waals surface area contributed by atoms with Crippen LogP contribution in [0.3, 0.4) is 0 Å². The van der Waals surface area contributed by atoms with Crippen LogP contribution in [0.15, 0.2) is 24.4 Å². The first-order valence-electron chi connectivity index (χ1n) is 10.8. The van der Waals surface area contributed by atoms with E-state index >= 15 is 0 Å². The second-order valence-corrected chi connectivity index (χ2v) is 8.17. The molecular weight excluding hydrogens is 434 g/mol. The Morgan fingerprint density at radius 2 is 2.06 bits per heavy atom. The molecule has 0 saturated heterocycles. The number of nitrogens with two attached hydrogens (primary N) is 1. The van der Waals surface area contributed by atoms with Crippen molar-refractivity contribution in [2.24, 2.45) is 5.73 Å². The molecule has 4 rings (SSSR count). The molecule has 2 amide bonds. The molecule has 0 bridgehead atoms. The minimum Gasteiger partial charge on any atom is -0.492 e. The van der Waals surface area contributed by atoms with Crippen LogP contribution < -0.4 is 25.6 Å². The molecule has 1 aromatic carbocycles. The molecular formula is C22H26F2N6O3. The molecule has 9 nitrogen and oxygen atoms in total. The Balaban J connectivity index is 1.74. The second-order valence-electron chi connectivity index (χ2n) is 8.17. The highest BCUT2D eigenvalue weighted by molar-refractivity contribution is 6.02. The number of hydrogen-bond acceptors (Lipinski definition) is 7. The fourth-order valence-electron chi connectivity index (χ4n) is 4.28. The lowest BCUT2D eigenvalue weighted by Gasteiger charge is -2.31. The number of primary amides is 1. The van der Waals surface area contributed by atoms with Crippen molar-refractivity contribution < 1.29 is 23.1 Å². The van der Waals surface area contributed by atoms with Crippen molar-refractivity contribution in [3.8, 4) is 5.75 Å². The van der Waals surface area contributed by atoms with Gasteiger partial charge < -0.3 is 25.6 Å². The predicted octanol–water partition coefficient (Wildman–Crippen LogP) is 3.08. The normalized spacial score (nSPS) is 18.1. The fourth-order valence-corrected chi connectivity index (χ4v) is 4.28. The lowest BCUT2D eigenvalue weighted by molar-refractivity contribution is -0.140. The highest BCUT2D eigenvalue weighted by Gasteiger charge is 2.48. The number of ether oxygens (including phenoxy) is 1. The minimum atomic E-state index is -3.54. The maximum absolute atomic E-state index is 14.7. The molecule has 0 unspecified atom stereocenters. The molecule has 2 heterocycles. The van der Waals surface area contributed by atoms with Gasteiger partial charge in [-0.3, -0.25) is 9.59 Å². The van der Waals surface area contributed by atoms with E-state index in [0.29, 0.717) is 18.0 Å². The molecule has 1 fully saturated rings. The van der Waals surface area contributed by atoms with Gasteiger partial charge in [-0.1, -0.05) is 12.8 Å². The standard InChI is InChI=1S/C22H26F2N6O3/c1-3-33-17-10-13(18(25)31)8-9-15(17)27-21-26-11-16-19(28-21)30(14-6-4-5-7-14)12-22(23,24)20(32)29(16)2/h8-11,14H,3-7,12H2,1-2H3,(H2,25,31)(H,26,27,28). The number of rotatable bonds is 6. The minimum absolute atomic E-state index is 0.134. The number of alkyl halides is 2. The topological polar surface area (TPSA) is 114 Å². The Bertz CT molecular complexity index is 1070. The Labute approximate surface area is 189 Å². The molecule has 0 radical (unpaired) electrons. The van der Waals surface area contributed by atoms with Gasteiger partial charge in [0.05, 0.1) is 25.0 Å². The van der Waals surface area contributed by atoms with E-state index in [-0.39, 0.29) is 29.1 Å². The smallest absolute Gasteiger partial charge is 0.342 e. The number of hydrogen-bond donors (Lipinski definition) is 2. The summed E-state index contributed by atoms with van der Waals surface area (Å²) in [5.74, 6) is -4.62. The monoisotopic (exact) mass is 460 g/mol. The predicted molar refractivity (Wildman–Crippen MR) is 119 cm³/mol. The van der Waals surface area contributed by atoms with E-state index in [1.165, 1.54) is 30.3 Å². The van der Waals surface area contributed by atoms with Crippen molar-refractivity contribution in [3.63, 3.8) is 0 Å². The van der Waals surface area contributed by atoms with Gasteiger partial charge in [0, 0.05) is 18.7 Å². The zero-order valence-corrected chi connectivity index (χ0v) is 18.5. The summed E-state index contributed by atoms with van der Waals surface area (Å²) in [6.45, 7) is 1.41.